The third-order valence-electron chi connectivity index (χ3n) is 6.81. The molecule has 1 aliphatic rings. The van der Waals surface area contributed by atoms with Crippen molar-refractivity contribution < 1.29 is 9.66 Å². The van der Waals surface area contributed by atoms with Crippen LogP contribution in [0.25, 0.3) is 5.69 Å². The molecule has 2 atom stereocenters. The first-order chi connectivity index (χ1) is 17.8. The van der Waals surface area contributed by atoms with E-state index in [0.29, 0.717) is 10.9 Å². The Balaban J connectivity index is 1.68. The zero-order valence-corrected chi connectivity index (χ0v) is 21.8. The van der Waals surface area contributed by atoms with Crippen LogP contribution in [0.1, 0.15) is 40.3 Å². The molecule has 2 aromatic heterocycles. The van der Waals surface area contributed by atoms with Gasteiger partial charge in [-0.3, -0.25) is 15.1 Å². The topological polar surface area (TPSA) is 85.5 Å². The maximum atomic E-state index is 11.3. The standard InChI is InChI=1S/C28H27N5O3S/c1-17-8-10-20(11-9-17)32-27(26(30-28(32)37)23-7-5-6-14-29-23)22-15-18(2)31(19(22)3)24-13-12-21(33(34)35)16-25(24)36-4/h5-16,26-27H,1-4H3,(H,30,37)/t26-,27+/m0/s1. The number of nitro benzene ring substituents is 1. The van der Waals surface area contributed by atoms with Gasteiger partial charge in [0.1, 0.15) is 5.75 Å². The van der Waals surface area contributed by atoms with Crippen molar-refractivity contribution in [2.45, 2.75) is 32.9 Å². The lowest BCUT2D eigenvalue weighted by Crippen LogP contribution is -2.29. The van der Waals surface area contributed by atoms with Crippen LogP contribution in [0.3, 0.4) is 0 Å². The zero-order chi connectivity index (χ0) is 26.3. The van der Waals surface area contributed by atoms with Gasteiger partial charge >= 0.3 is 0 Å². The van der Waals surface area contributed by atoms with Gasteiger partial charge in [-0.25, -0.2) is 0 Å². The minimum absolute atomic E-state index is 0.0191. The Hall–Kier alpha value is -4.24. The molecular weight excluding hydrogens is 486 g/mol. The quantitative estimate of drug-likeness (QED) is 0.195. The summed E-state index contributed by atoms with van der Waals surface area (Å²) in [5, 5.41) is 15.5. The smallest absolute Gasteiger partial charge is 0.273 e. The summed E-state index contributed by atoms with van der Waals surface area (Å²) in [5.74, 6) is 0.430. The van der Waals surface area contributed by atoms with Gasteiger partial charge in [0.15, 0.2) is 5.11 Å². The van der Waals surface area contributed by atoms with E-state index < -0.39 is 4.92 Å². The van der Waals surface area contributed by atoms with E-state index in [4.69, 9.17) is 17.0 Å². The third-order valence-corrected chi connectivity index (χ3v) is 7.13. The largest absolute Gasteiger partial charge is 0.494 e. The highest BCUT2D eigenvalue weighted by Gasteiger charge is 2.42. The predicted molar refractivity (Wildman–Crippen MR) is 148 cm³/mol. The Labute approximate surface area is 220 Å². The van der Waals surface area contributed by atoms with Crippen molar-refractivity contribution in [3.8, 4) is 11.4 Å². The fourth-order valence-electron chi connectivity index (χ4n) is 5.08. The summed E-state index contributed by atoms with van der Waals surface area (Å²) in [6.07, 6.45) is 1.79. The fourth-order valence-corrected chi connectivity index (χ4v) is 5.42. The second-order valence-corrected chi connectivity index (χ2v) is 9.49. The van der Waals surface area contributed by atoms with Gasteiger partial charge in [-0.2, -0.15) is 0 Å². The van der Waals surface area contributed by atoms with Crippen LogP contribution in [-0.4, -0.2) is 26.7 Å². The van der Waals surface area contributed by atoms with Gasteiger partial charge in [0.2, 0.25) is 0 Å². The first-order valence-electron chi connectivity index (χ1n) is 11.9. The van der Waals surface area contributed by atoms with Gasteiger partial charge in [0, 0.05) is 29.3 Å². The number of aryl methyl sites for hydroxylation is 2. The Morgan fingerprint density at radius 1 is 1.05 bits per heavy atom. The molecule has 8 nitrogen and oxygen atoms in total. The van der Waals surface area contributed by atoms with Gasteiger partial charge in [0.25, 0.3) is 5.69 Å². The average molecular weight is 514 g/mol. The van der Waals surface area contributed by atoms with Crippen molar-refractivity contribution in [1.29, 1.82) is 0 Å². The number of rotatable bonds is 6. The first kappa shape index (κ1) is 24.5. The lowest BCUT2D eigenvalue weighted by molar-refractivity contribution is -0.384. The number of anilines is 1. The number of nitro groups is 1. The Morgan fingerprint density at radius 2 is 1.81 bits per heavy atom. The monoisotopic (exact) mass is 513 g/mol. The van der Waals surface area contributed by atoms with Gasteiger partial charge in [-0.15, -0.1) is 0 Å². The van der Waals surface area contributed by atoms with Gasteiger partial charge < -0.3 is 19.5 Å². The molecule has 0 unspecified atom stereocenters. The number of aromatic nitrogens is 2. The van der Waals surface area contributed by atoms with E-state index in [1.165, 1.54) is 24.8 Å². The van der Waals surface area contributed by atoms with Gasteiger partial charge in [-0.05, 0) is 75.0 Å². The highest BCUT2D eigenvalue weighted by Crippen LogP contribution is 2.44. The van der Waals surface area contributed by atoms with E-state index in [-0.39, 0.29) is 17.8 Å². The molecule has 0 radical (unpaired) electrons. The maximum Gasteiger partial charge on any atom is 0.273 e. The number of nitrogens with one attached hydrogen (secondary N) is 1. The summed E-state index contributed by atoms with van der Waals surface area (Å²) in [6, 6.07) is 20.7. The highest BCUT2D eigenvalue weighted by molar-refractivity contribution is 7.80. The number of nitrogens with zero attached hydrogens (tertiary/aromatic N) is 4. The second-order valence-electron chi connectivity index (χ2n) is 9.11. The summed E-state index contributed by atoms with van der Waals surface area (Å²) < 4.78 is 7.64. The van der Waals surface area contributed by atoms with E-state index in [0.717, 1.165) is 34.0 Å². The van der Waals surface area contributed by atoms with E-state index in [1.54, 1.807) is 12.3 Å². The Kier molecular flexibility index (Phi) is 6.39. The Morgan fingerprint density at radius 3 is 2.46 bits per heavy atom. The molecule has 2 aromatic carbocycles. The molecule has 5 rings (SSSR count). The van der Waals surface area contributed by atoms with Crippen LogP contribution in [0.2, 0.25) is 0 Å². The number of methoxy groups -OCH3 is 1. The van der Waals surface area contributed by atoms with Crippen molar-refractivity contribution in [2.75, 3.05) is 12.0 Å². The zero-order valence-electron chi connectivity index (χ0n) is 21.0. The van der Waals surface area contributed by atoms with Crippen molar-refractivity contribution in [1.82, 2.24) is 14.9 Å². The van der Waals surface area contributed by atoms with Gasteiger partial charge in [0.05, 0.1) is 41.6 Å². The third kappa shape index (κ3) is 4.31. The molecule has 1 fully saturated rings. The summed E-state index contributed by atoms with van der Waals surface area (Å²) in [5.41, 5.74) is 6.80. The lowest BCUT2D eigenvalue weighted by Gasteiger charge is -2.28. The maximum absolute atomic E-state index is 11.3. The van der Waals surface area contributed by atoms with Crippen LogP contribution in [0, 0.1) is 30.9 Å². The molecule has 37 heavy (non-hydrogen) atoms. The molecule has 188 valence electrons. The van der Waals surface area contributed by atoms with Gasteiger partial charge in [-0.1, -0.05) is 23.8 Å². The fraction of sp³-hybridized carbons (Fsp3) is 0.214. The first-order valence-corrected chi connectivity index (χ1v) is 12.3. The van der Waals surface area contributed by atoms with Crippen LogP contribution >= 0.6 is 12.2 Å². The summed E-state index contributed by atoms with van der Waals surface area (Å²) in [6.45, 7) is 6.13. The molecular formula is C28H27N5O3S. The van der Waals surface area contributed by atoms with Crippen LogP contribution in [0.15, 0.2) is 72.9 Å². The minimum Gasteiger partial charge on any atom is -0.494 e. The summed E-state index contributed by atoms with van der Waals surface area (Å²) >= 11 is 5.86. The Bertz CT molecular complexity index is 1480. The molecule has 1 aliphatic heterocycles. The number of hydrogen-bond donors (Lipinski definition) is 1. The van der Waals surface area contributed by atoms with Crippen molar-refractivity contribution in [2.24, 2.45) is 0 Å². The summed E-state index contributed by atoms with van der Waals surface area (Å²) in [7, 11) is 1.52. The normalized spacial score (nSPS) is 17.1. The molecule has 4 aromatic rings. The minimum atomic E-state index is -0.421. The predicted octanol–water partition coefficient (Wildman–Crippen LogP) is 5.89. The molecule has 0 aliphatic carbocycles. The number of benzene rings is 2. The number of ether oxygens (including phenoxy) is 1. The number of thiocarbonyl (C=S) groups is 1. The van der Waals surface area contributed by atoms with Crippen molar-refractivity contribution in [3.63, 3.8) is 0 Å². The van der Waals surface area contributed by atoms with Crippen LogP contribution < -0.4 is 15.0 Å². The molecule has 9 heteroatoms. The molecule has 0 amide bonds. The summed E-state index contributed by atoms with van der Waals surface area (Å²) in [4.78, 5) is 17.7. The number of hydrogen-bond acceptors (Lipinski definition) is 5. The van der Waals surface area contributed by atoms with E-state index in [1.807, 2.05) is 32.0 Å². The average Bonchev–Trinajstić information content (AvgIpc) is 3.39. The van der Waals surface area contributed by atoms with E-state index >= 15 is 0 Å². The molecule has 1 saturated heterocycles. The number of pyridine rings is 1. The lowest BCUT2D eigenvalue weighted by atomic mass is 9.96. The molecule has 3 heterocycles. The molecule has 0 bridgehead atoms. The highest BCUT2D eigenvalue weighted by atomic mass is 32.1. The molecule has 0 spiro atoms. The van der Waals surface area contributed by atoms with Crippen molar-refractivity contribution >= 4 is 28.7 Å². The molecule has 1 N–H and O–H groups in total. The van der Waals surface area contributed by atoms with E-state index in [2.05, 4.69) is 57.0 Å². The van der Waals surface area contributed by atoms with Crippen molar-refractivity contribution in [3.05, 3.63) is 111 Å². The van der Waals surface area contributed by atoms with Crippen LogP contribution in [0.4, 0.5) is 11.4 Å². The number of non-ortho nitro benzene ring substituents is 1. The van der Waals surface area contributed by atoms with Crippen LogP contribution in [-0.2, 0) is 0 Å². The molecule has 0 saturated carbocycles. The van der Waals surface area contributed by atoms with Crippen LogP contribution in [0.5, 0.6) is 5.75 Å². The van der Waals surface area contributed by atoms with E-state index in [9.17, 15) is 10.1 Å². The SMILES string of the molecule is COc1cc([N+](=O)[O-])ccc1-n1c(C)cc([C@@H]2[C@H](c3ccccn3)NC(=S)N2c2ccc(C)cc2)c1C. The second kappa shape index (κ2) is 9.67.